The van der Waals surface area contributed by atoms with Crippen LogP contribution >= 0.6 is 15.9 Å². The summed E-state index contributed by atoms with van der Waals surface area (Å²) in [5, 5.41) is 0. The summed E-state index contributed by atoms with van der Waals surface area (Å²) < 4.78 is 60.7. The molecule has 0 aromatic heterocycles. The SMILES string of the molecule is CCOC=C(C(=O)OCC)C(=O)C1=C(F)C(F)=C(F)C(F)(Br)C1. The van der Waals surface area contributed by atoms with Gasteiger partial charge < -0.3 is 9.47 Å². The number of carbonyl (C=O) groups excluding carboxylic acids is 2. The van der Waals surface area contributed by atoms with Gasteiger partial charge in [0.15, 0.2) is 17.5 Å². The summed E-state index contributed by atoms with van der Waals surface area (Å²) >= 11 is 2.24. The Morgan fingerprint density at radius 1 is 1.22 bits per heavy atom. The molecule has 1 atom stereocenters. The Kier molecular flexibility index (Phi) is 6.55. The van der Waals surface area contributed by atoms with Gasteiger partial charge in [0.05, 0.1) is 13.2 Å². The molecule has 0 bridgehead atoms. The number of ketones is 1. The lowest BCUT2D eigenvalue weighted by atomic mass is 9.93. The first-order valence-corrected chi connectivity index (χ1v) is 7.32. The number of rotatable bonds is 6. The van der Waals surface area contributed by atoms with E-state index in [4.69, 9.17) is 4.74 Å². The topological polar surface area (TPSA) is 52.6 Å². The molecule has 128 valence electrons. The van der Waals surface area contributed by atoms with Crippen LogP contribution in [0.15, 0.2) is 34.9 Å². The van der Waals surface area contributed by atoms with E-state index in [1.165, 1.54) is 6.92 Å². The van der Waals surface area contributed by atoms with Crippen LogP contribution in [0, 0.1) is 0 Å². The lowest BCUT2D eigenvalue weighted by Crippen LogP contribution is -2.27. The van der Waals surface area contributed by atoms with Crippen molar-refractivity contribution in [2.75, 3.05) is 13.2 Å². The Labute approximate surface area is 137 Å². The van der Waals surface area contributed by atoms with E-state index in [2.05, 4.69) is 20.7 Å². The minimum Gasteiger partial charge on any atom is -0.500 e. The Bertz CT molecular complexity index is 608. The molecule has 0 saturated heterocycles. The highest BCUT2D eigenvalue weighted by Crippen LogP contribution is 2.46. The van der Waals surface area contributed by atoms with Gasteiger partial charge in [-0.25, -0.2) is 22.4 Å². The Balaban J connectivity index is 3.31. The Morgan fingerprint density at radius 3 is 2.35 bits per heavy atom. The maximum absolute atomic E-state index is 13.9. The van der Waals surface area contributed by atoms with Crippen molar-refractivity contribution in [3.05, 3.63) is 34.9 Å². The second kappa shape index (κ2) is 7.76. The van der Waals surface area contributed by atoms with Crippen LogP contribution in [0.1, 0.15) is 20.3 Å². The number of alkyl halides is 2. The number of hydrogen-bond acceptors (Lipinski definition) is 4. The summed E-state index contributed by atoms with van der Waals surface area (Å²) in [6.07, 6.45) is -0.429. The third kappa shape index (κ3) is 4.21. The molecule has 1 aliphatic carbocycles. The number of halogens is 5. The number of carbonyl (C=O) groups is 2. The van der Waals surface area contributed by atoms with Gasteiger partial charge in [-0.3, -0.25) is 4.79 Å². The van der Waals surface area contributed by atoms with E-state index in [-0.39, 0.29) is 13.2 Å². The molecule has 1 rings (SSSR count). The first-order chi connectivity index (χ1) is 10.7. The second-order valence-electron chi connectivity index (χ2n) is 4.34. The van der Waals surface area contributed by atoms with Gasteiger partial charge in [0.1, 0.15) is 11.8 Å². The summed E-state index contributed by atoms with van der Waals surface area (Å²) in [6, 6.07) is 0. The molecule has 0 heterocycles. The average Bonchev–Trinajstić information content (AvgIpc) is 2.49. The fourth-order valence-corrected chi connectivity index (χ4v) is 2.13. The van der Waals surface area contributed by atoms with Gasteiger partial charge in [-0.15, -0.1) is 0 Å². The van der Waals surface area contributed by atoms with E-state index < -0.39 is 51.4 Å². The van der Waals surface area contributed by atoms with E-state index in [1.54, 1.807) is 6.92 Å². The average molecular weight is 401 g/mol. The lowest BCUT2D eigenvalue weighted by molar-refractivity contribution is -0.139. The third-order valence-corrected chi connectivity index (χ3v) is 3.38. The minimum absolute atomic E-state index is 0.0755. The molecule has 23 heavy (non-hydrogen) atoms. The maximum atomic E-state index is 13.9. The fourth-order valence-electron chi connectivity index (χ4n) is 1.68. The molecule has 4 nitrogen and oxygen atoms in total. The molecule has 0 amide bonds. The first-order valence-electron chi connectivity index (χ1n) is 6.53. The molecule has 0 aliphatic heterocycles. The number of ether oxygens (including phenoxy) is 2. The number of allylic oxidation sites excluding steroid dienone is 4. The molecule has 0 fully saturated rings. The van der Waals surface area contributed by atoms with Gasteiger partial charge in [-0.1, -0.05) is 0 Å². The van der Waals surface area contributed by atoms with Crippen molar-refractivity contribution in [2.45, 2.75) is 24.8 Å². The fraction of sp³-hybridized carbons (Fsp3) is 0.429. The summed E-state index contributed by atoms with van der Waals surface area (Å²) in [5.41, 5.74) is -1.79. The molecule has 0 aromatic carbocycles. The van der Waals surface area contributed by atoms with Crippen molar-refractivity contribution in [2.24, 2.45) is 0 Å². The zero-order valence-electron chi connectivity index (χ0n) is 12.2. The zero-order valence-corrected chi connectivity index (χ0v) is 13.8. The smallest absolute Gasteiger partial charge is 0.345 e. The van der Waals surface area contributed by atoms with Crippen molar-refractivity contribution in [1.29, 1.82) is 0 Å². The second-order valence-corrected chi connectivity index (χ2v) is 5.60. The Morgan fingerprint density at radius 2 is 1.83 bits per heavy atom. The molecular formula is C14H13BrF4O4. The molecule has 0 radical (unpaired) electrons. The lowest BCUT2D eigenvalue weighted by Gasteiger charge is -2.23. The van der Waals surface area contributed by atoms with Crippen LogP contribution in [0.3, 0.4) is 0 Å². The normalized spacial score (nSPS) is 22.3. The first kappa shape index (κ1) is 19.4. The van der Waals surface area contributed by atoms with E-state index in [9.17, 15) is 27.2 Å². The van der Waals surface area contributed by atoms with Gasteiger partial charge in [0.25, 0.3) is 0 Å². The van der Waals surface area contributed by atoms with E-state index >= 15 is 0 Å². The van der Waals surface area contributed by atoms with E-state index in [0.717, 1.165) is 0 Å². The third-order valence-electron chi connectivity index (χ3n) is 2.75. The van der Waals surface area contributed by atoms with Crippen LogP contribution in [-0.2, 0) is 19.1 Å². The largest absolute Gasteiger partial charge is 0.500 e. The predicted molar refractivity (Wildman–Crippen MR) is 76.1 cm³/mol. The molecule has 9 heteroatoms. The number of esters is 1. The van der Waals surface area contributed by atoms with Crippen molar-refractivity contribution in [3.8, 4) is 0 Å². The van der Waals surface area contributed by atoms with E-state index in [0.29, 0.717) is 6.26 Å². The maximum Gasteiger partial charge on any atom is 0.345 e. The molecule has 0 saturated carbocycles. The van der Waals surface area contributed by atoms with Crippen LogP contribution in [0.25, 0.3) is 0 Å². The molecule has 1 aliphatic rings. The highest BCUT2D eigenvalue weighted by molar-refractivity contribution is 9.10. The van der Waals surface area contributed by atoms with Crippen LogP contribution < -0.4 is 0 Å². The predicted octanol–water partition coefficient (Wildman–Crippen LogP) is 3.88. The standard InChI is InChI=1S/C14H13BrF4O4/c1-3-22-6-8(13(21)23-4-2)11(20)7-5-14(15,19)12(18)10(17)9(7)16/h6H,3-5H2,1-2H3. The van der Waals surface area contributed by atoms with E-state index in [1.807, 2.05) is 0 Å². The summed E-state index contributed by atoms with van der Waals surface area (Å²) in [5.74, 6) is -8.53. The van der Waals surface area contributed by atoms with Gasteiger partial charge in [-0.05, 0) is 29.8 Å². The van der Waals surface area contributed by atoms with Crippen LogP contribution in [0.4, 0.5) is 17.6 Å². The van der Waals surface area contributed by atoms with Crippen molar-refractivity contribution < 1.29 is 36.6 Å². The van der Waals surface area contributed by atoms with Crippen LogP contribution in [0.5, 0.6) is 0 Å². The van der Waals surface area contributed by atoms with Gasteiger partial charge in [0, 0.05) is 12.0 Å². The van der Waals surface area contributed by atoms with Crippen molar-refractivity contribution in [3.63, 3.8) is 0 Å². The summed E-state index contributed by atoms with van der Waals surface area (Å²) in [4.78, 5) is 24.0. The molecular weight excluding hydrogens is 388 g/mol. The monoisotopic (exact) mass is 400 g/mol. The van der Waals surface area contributed by atoms with Crippen LogP contribution in [-0.4, -0.2) is 29.5 Å². The minimum atomic E-state index is -3.08. The number of hydrogen-bond donors (Lipinski definition) is 0. The van der Waals surface area contributed by atoms with Crippen molar-refractivity contribution >= 4 is 27.7 Å². The molecule has 0 spiro atoms. The Hall–Kier alpha value is -1.64. The zero-order chi connectivity index (χ0) is 17.8. The highest BCUT2D eigenvalue weighted by Gasteiger charge is 2.45. The highest BCUT2D eigenvalue weighted by atomic mass is 79.9. The van der Waals surface area contributed by atoms with Gasteiger partial charge >= 0.3 is 5.97 Å². The van der Waals surface area contributed by atoms with Crippen LogP contribution in [0.2, 0.25) is 0 Å². The molecule has 1 unspecified atom stereocenters. The summed E-state index contributed by atoms with van der Waals surface area (Å²) in [7, 11) is 0. The number of Topliss-reactive ketones (excluding diaryl/α,β-unsaturated/α-hetero) is 1. The quantitative estimate of drug-likeness (QED) is 0.129. The van der Waals surface area contributed by atoms with Crippen molar-refractivity contribution in [1.82, 2.24) is 0 Å². The van der Waals surface area contributed by atoms with Gasteiger partial charge in [-0.2, -0.15) is 0 Å². The summed E-state index contributed by atoms with van der Waals surface area (Å²) in [6.45, 7) is 2.99. The molecule has 0 aromatic rings. The molecule has 0 N–H and O–H groups in total. The van der Waals surface area contributed by atoms with Gasteiger partial charge in [0.2, 0.25) is 10.4 Å².